The summed E-state index contributed by atoms with van der Waals surface area (Å²) in [5, 5.41) is 0. The zero-order valence-electron chi connectivity index (χ0n) is 10.5. The summed E-state index contributed by atoms with van der Waals surface area (Å²) in [5.41, 5.74) is 6.72. The fourth-order valence-electron chi connectivity index (χ4n) is 2.33. The van der Waals surface area contributed by atoms with Crippen molar-refractivity contribution in [1.82, 2.24) is 4.90 Å². The van der Waals surface area contributed by atoms with Gasteiger partial charge in [0.2, 0.25) is 0 Å². The van der Waals surface area contributed by atoms with Crippen molar-refractivity contribution in [1.29, 1.82) is 0 Å². The van der Waals surface area contributed by atoms with Crippen molar-refractivity contribution in [2.45, 2.75) is 19.9 Å². The summed E-state index contributed by atoms with van der Waals surface area (Å²) in [4.78, 5) is 2.28. The van der Waals surface area contributed by atoms with Crippen molar-refractivity contribution in [3.05, 3.63) is 34.1 Å². The molecule has 0 aliphatic carbocycles. The van der Waals surface area contributed by atoms with E-state index in [-0.39, 0.29) is 23.6 Å². The quantitative estimate of drug-likeness (QED) is 0.918. The van der Waals surface area contributed by atoms with Crippen molar-refractivity contribution < 1.29 is 4.39 Å². The fourth-order valence-corrected chi connectivity index (χ4v) is 2.74. The molecule has 1 fully saturated rings. The smallest absolute Gasteiger partial charge is 0.127 e. The third kappa shape index (κ3) is 3.67. The first-order valence-electron chi connectivity index (χ1n) is 5.89. The van der Waals surface area contributed by atoms with Crippen LogP contribution in [0, 0.1) is 11.2 Å². The van der Waals surface area contributed by atoms with Gasteiger partial charge in [-0.2, -0.15) is 0 Å². The highest BCUT2D eigenvalue weighted by Gasteiger charge is 2.32. The molecule has 0 spiro atoms. The lowest BCUT2D eigenvalue weighted by Gasteiger charge is -2.22. The Kier molecular flexibility index (Phi) is 5.59. The minimum Gasteiger partial charge on any atom is -0.330 e. The van der Waals surface area contributed by atoms with Crippen LogP contribution in [-0.2, 0) is 6.54 Å². The molecule has 0 radical (unpaired) electrons. The van der Waals surface area contributed by atoms with Gasteiger partial charge in [-0.1, -0.05) is 22.9 Å². The van der Waals surface area contributed by atoms with E-state index < -0.39 is 0 Å². The first kappa shape index (κ1) is 15.9. The van der Waals surface area contributed by atoms with E-state index in [1.54, 1.807) is 6.07 Å². The Morgan fingerprint density at radius 2 is 2.22 bits per heavy atom. The fraction of sp³-hybridized carbons (Fsp3) is 0.538. The third-order valence-electron chi connectivity index (χ3n) is 3.53. The van der Waals surface area contributed by atoms with Crippen LogP contribution < -0.4 is 5.73 Å². The SMILES string of the molecule is CC1(CN)CCN(Cc2cc(Br)ccc2F)C1.Cl. The molecule has 2 nitrogen and oxygen atoms in total. The van der Waals surface area contributed by atoms with Crippen LogP contribution in [0.4, 0.5) is 4.39 Å². The van der Waals surface area contributed by atoms with Gasteiger partial charge in [-0.05, 0) is 43.1 Å². The summed E-state index contributed by atoms with van der Waals surface area (Å²) >= 11 is 3.38. The molecule has 2 rings (SSSR count). The summed E-state index contributed by atoms with van der Waals surface area (Å²) in [6.07, 6.45) is 1.10. The van der Waals surface area contributed by atoms with E-state index in [2.05, 4.69) is 27.8 Å². The lowest BCUT2D eigenvalue weighted by molar-refractivity contribution is 0.271. The number of likely N-dealkylation sites (tertiary alicyclic amines) is 1. The second kappa shape index (κ2) is 6.33. The van der Waals surface area contributed by atoms with Crippen molar-refractivity contribution in [2.75, 3.05) is 19.6 Å². The van der Waals surface area contributed by atoms with E-state index in [1.165, 1.54) is 6.07 Å². The van der Waals surface area contributed by atoms with Crippen molar-refractivity contribution in [3.63, 3.8) is 0 Å². The highest BCUT2D eigenvalue weighted by Crippen LogP contribution is 2.30. The Morgan fingerprint density at radius 1 is 1.50 bits per heavy atom. The topological polar surface area (TPSA) is 29.3 Å². The molecule has 18 heavy (non-hydrogen) atoms. The maximum absolute atomic E-state index is 13.6. The zero-order valence-corrected chi connectivity index (χ0v) is 12.9. The molecule has 1 heterocycles. The predicted molar refractivity (Wildman–Crippen MR) is 78.4 cm³/mol. The maximum atomic E-state index is 13.6. The Balaban J connectivity index is 0.00000162. The van der Waals surface area contributed by atoms with Gasteiger partial charge in [0.05, 0.1) is 0 Å². The van der Waals surface area contributed by atoms with Gasteiger partial charge in [-0.3, -0.25) is 4.90 Å². The van der Waals surface area contributed by atoms with Crippen LogP contribution in [0.15, 0.2) is 22.7 Å². The molecule has 1 saturated heterocycles. The summed E-state index contributed by atoms with van der Waals surface area (Å²) in [6, 6.07) is 5.10. The van der Waals surface area contributed by atoms with Crippen LogP contribution >= 0.6 is 28.3 Å². The largest absolute Gasteiger partial charge is 0.330 e. The average Bonchev–Trinajstić information content (AvgIpc) is 2.67. The molecule has 0 saturated carbocycles. The van der Waals surface area contributed by atoms with Gasteiger partial charge in [-0.25, -0.2) is 4.39 Å². The first-order chi connectivity index (χ1) is 8.02. The predicted octanol–water partition coefficient (Wildman–Crippen LogP) is 3.18. The number of hydrogen-bond donors (Lipinski definition) is 1. The lowest BCUT2D eigenvalue weighted by Crippen LogP contribution is -2.31. The van der Waals surface area contributed by atoms with Gasteiger partial charge in [0, 0.05) is 23.1 Å². The molecule has 0 bridgehead atoms. The van der Waals surface area contributed by atoms with Crippen LogP contribution in [0.1, 0.15) is 18.9 Å². The van der Waals surface area contributed by atoms with Crippen LogP contribution in [-0.4, -0.2) is 24.5 Å². The van der Waals surface area contributed by atoms with Crippen LogP contribution in [0.25, 0.3) is 0 Å². The molecular weight excluding hydrogens is 319 g/mol. The van der Waals surface area contributed by atoms with Gasteiger partial charge < -0.3 is 5.73 Å². The Hall–Kier alpha value is -0.160. The van der Waals surface area contributed by atoms with E-state index in [9.17, 15) is 4.39 Å². The summed E-state index contributed by atoms with van der Waals surface area (Å²) in [6.45, 7) is 5.52. The van der Waals surface area contributed by atoms with E-state index in [1.807, 2.05) is 6.07 Å². The minimum absolute atomic E-state index is 0. The van der Waals surface area contributed by atoms with Gasteiger partial charge >= 0.3 is 0 Å². The standard InChI is InChI=1S/C13H18BrFN2.ClH/c1-13(8-16)4-5-17(9-13)7-10-6-11(14)2-3-12(10)15;/h2-3,6H,4-5,7-9,16H2,1H3;1H. The van der Waals surface area contributed by atoms with Gasteiger partial charge in [0.25, 0.3) is 0 Å². The minimum atomic E-state index is -0.130. The third-order valence-corrected chi connectivity index (χ3v) is 4.02. The van der Waals surface area contributed by atoms with Crippen LogP contribution in [0.2, 0.25) is 0 Å². The number of benzene rings is 1. The second-order valence-electron chi connectivity index (χ2n) is 5.21. The monoisotopic (exact) mass is 336 g/mol. The number of rotatable bonds is 3. The summed E-state index contributed by atoms with van der Waals surface area (Å²) in [5.74, 6) is -0.130. The van der Waals surface area contributed by atoms with E-state index in [0.29, 0.717) is 13.1 Å². The van der Waals surface area contributed by atoms with Gasteiger partial charge in [0.1, 0.15) is 5.82 Å². The Bertz CT molecular complexity index is 416. The number of nitrogens with zero attached hydrogens (tertiary/aromatic N) is 1. The maximum Gasteiger partial charge on any atom is 0.127 e. The Morgan fingerprint density at radius 3 is 2.83 bits per heavy atom. The summed E-state index contributed by atoms with van der Waals surface area (Å²) in [7, 11) is 0. The molecule has 1 aliphatic heterocycles. The molecule has 1 unspecified atom stereocenters. The van der Waals surface area contributed by atoms with Crippen molar-refractivity contribution >= 4 is 28.3 Å². The second-order valence-corrected chi connectivity index (χ2v) is 6.13. The molecule has 1 aromatic carbocycles. The van der Waals surface area contributed by atoms with Gasteiger partial charge in [-0.15, -0.1) is 12.4 Å². The zero-order chi connectivity index (χ0) is 12.5. The molecule has 2 N–H and O–H groups in total. The molecule has 102 valence electrons. The van der Waals surface area contributed by atoms with Crippen molar-refractivity contribution in [3.8, 4) is 0 Å². The average molecular weight is 338 g/mol. The first-order valence-corrected chi connectivity index (χ1v) is 6.68. The Labute approximate surface area is 122 Å². The highest BCUT2D eigenvalue weighted by atomic mass is 79.9. The highest BCUT2D eigenvalue weighted by molar-refractivity contribution is 9.10. The normalized spacial score (nSPS) is 24.0. The molecule has 0 amide bonds. The molecule has 5 heteroatoms. The molecule has 0 aromatic heterocycles. The molecule has 1 aromatic rings. The van der Waals surface area contributed by atoms with Crippen LogP contribution in [0.3, 0.4) is 0 Å². The van der Waals surface area contributed by atoms with E-state index in [0.717, 1.165) is 29.5 Å². The van der Waals surface area contributed by atoms with E-state index >= 15 is 0 Å². The number of halogens is 3. The van der Waals surface area contributed by atoms with Crippen molar-refractivity contribution in [2.24, 2.45) is 11.1 Å². The summed E-state index contributed by atoms with van der Waals surface area (Å²) < 4.78 is 14.6. The molecular formula is C13H19BrClFN2. The van der Waals surface area contributed by atoms with Crippen LogP contribution in [0.5, 0.6) is 0 Å². The number of nitrogens with two attached hydrogens (primary N) is 1. The molecule has 1 atom stereocenters. The number of hydrogen-bond acceptors (Lipinski definition) is 2. The van der Waals surface area contributed by atoms with Gasteiger partial charge in [0.15, 0.2) is 0 Å². The lowest BCUT2D eigenvalue weighted by atomic mass is 9.90. The van der Waals surface area contributed by atoms with E-state index in [4.69, 9.17) is 5.73 Å². The molecule has 1 aliphatic rings.